The SMILES string of the molecule is [CH2]C(N)[SiH3]. The Bertz CT molecular complexity index is 10.8. The first-order valence-electron chi connectivity index (χ1n) is 1.32. The Morgan fingerprint density at radius 3 is 2.00 bits per heavy atom. The predicted octanol–water partition coefficient (Wildman–Crippen LogP) is -1.53. The maximum absolute atomic E-state index is 5.06. The van der Waals surface area contributed by atoms with Crippen molar-refractivity contribution in [1.82, 2.24) is 0 Å². The van der Waals surface area contributed by atoms with E-state index in [1.807, 2.05) is 0 Å². The molecule has 1 nitrogen and oxygen atoms in total. The first-order chi connectivity index (χ1) is 1.73. The van der Waals surface area contributed by atoms with E-state index >= 15 is 0 Å². The second kappa shape index (κ2) is 1.49. The van der Waals surface area contributed by atoms with Crippen LogP contribution < -0.4 is 5.73 Å². The van der Waals surface area contributed by atoms with Crippen molar-refractivity contribution in [3.8, 4) is 0 Å². The van der Waals surface area contributed by atoms with Crippen molar-refractivity contribution in [2.24, 2.45) is 5.73 Å². The van der Waals surface area contributed by atoms with Crippen LogP contribution >= 0.6 is 0 Å². The van der Waals surface area contributed by atoms with Gasteiger partial charge in [-0.05, 0) is 12.6 Å². The first-order valence-corrected chi connectivity index (χ1v) is 2.47. The molecule has 2 heteroatoms. The van der Waals surface area contributed by atoms with E-state index in [1.165, 1.54) is 0 Å². The number of nitrogens with two attached hydrogens (primary N) is 1. The van der Waals surface area contributed by atoms with Gasteiger partial charge in [0, 0.05) is 10.2 Å². The van der Waals surface area contributed by atoms with Crippen molar-refractivity contribution >= 4 is 10.2 Å². The van der Waals surface area contributed by atoms with Crippen LogP contribution in [0.15, 0.2) is 0 Å². The summed E-state index contributed by atoms with van der Waals surface area (Å²) in [7, 11) is 1.02. The molecule has 4 heavy (non-hydrogen) atoms. The lowest BCUT2D eigenvalue weighted by atomic mass is 10.8. The first kappa shape index (κ1) is 4.18. The summed E-state index contributed by atoms with van der Waals surface area (Å²) in [5, 5.41) is 0. The Labute approximate surface area is 29.6 Å². The minimum absolute atomic E-state index is 0.222. The van der Waals surface area contributed by atoms with Crippen LogP contribution in [0.1, 0.15) is 0 Å². The van der Waals surface area contributed by atoms with E-state index in [4.69, 9.17) is 5.73 Å². The summed E-state index contributed by atoms with van der Waals surface area (Å²) >= 11 is 0. The Balaban J connectivity index is 2.32. The van der Waals surface area contributed by atoms with Crippen LogP contribution in [0.2, 0.25) is 0 Å². The van der Waals surface area contributed by atoms with E-state index in [0.717, 1.165) is 10.2 Å². The smallest absolute Gasteiger partial charge is 0.0238 e. The van der Waals surface area contributed by atoms with E-state index in [0.29, 0.717) is 0 Å². The fourth-order valence-corrected chi connectivity index (χ4v) is 0. The molecule has 0 heterocycles. The van der Waals surface area contributed by atoms with Crippen LogP contribution in [0, 0.1) is 6.92 Å². The van der Waals surface area contributed by atoms with Gasteiger partial charge in [0.2, 0.25) is 0 Å². The second-order valence-corrected chi connectivity index (χ2v) is 2.46. The summed E-state index contributed by atoms with van der Waals surface area (Å²) in [5.74, 6) is 0. The third-order valence-electron chi connectivity index (χ3n) is 0. The summed E-state index contributed by atoms with van der Waals surface area (Å²) < 4.78 is 0. The lowest BCUT2D eigenvalue weighted by molar-refractivity contribution is 1.14. The molecular formula is C2H8NSi. The molecule has 1 atom stereocenters. The molecule has 0 aromatic heterocycles. The Morgan fingerprint density at radius 2 is 2.00 bits per heavy atom. The average molecular weight is 74.2 g/mol. The van der Waals surface area contributed by atoms with Gasteiger partial charge in [0.15, 0.2) is 0 Å². The molecule has 0 saturated heterocycles. The van der Waals surface area contributed by atoms with Crippen molar-refractivity contribution < 1.29 is 0 Å². The standard InChI is InChI=1S/C2H8NSi/c1-2(3)4/h2H,1,3H2,4H3. The summed E-state index contributed by atoms with van der Waals surface area (Å²) in [4.78, 5) is 0. The number of hydrogen-bond acceptors (Lipinski definition) is 1. The molecule has 0 aromatic carbocycles. The zero-order valence-electron chi connectivity index (χ0n) is 2.86. The van der Waals surface area contributed by atoms with Gasteiger partial charge in [-0.1, -0.05) is 0 Å². The predicted molar refractivity (Wildman–Crippen MR) is 23.3 cm³/mol. The minimum Gasteiger partial charge on any atom is -0.331 e. The molecule has 2 N–H and O–H groups in total. The molecule has 25 valence electrons. The van der Waals surface area contributed by atoms with Gasteiger partial charge in [-0.25, -0.2) is 0 Å². The maximum Gasteiger partial charge on any atom is 0.0238 e. The Morgan fingerprint density at radius 1 is 2.00 bits per heavy atom. The van der Waals surface area contributed by atoms with Gasteiger partial charge in [-0.15, -0.1) is 0 Å². The number of rotatable bonds is 0. The molecule has 0 aliphatic heterocycles. The topological polar surface area (TPSA) is 26.0 Å². The highest BCUT2D eigenvalue weighted by molar-refractivity contribution is 6.11. The molecule has 1 radical (unpaired) electrons. The maximum atomic E-state index is 5.06. The van der Waals surface area contributed by atoms with E-state index in [9.17, 15) is 0 Å². The Kier molecular flexibility index (Phi) is 1.56. The van der Waals surface area contributed by atoms with Crippen molar-refractivity contribution in [2.75, 3.05) is 0 Å². The van der Waals surface area contributed by atoms with Crippen LogP contribution in [0.25, 0.3) is 0 Å². The summed E-state index contributed by atoms with van der Waals surface area (Å²) in [6, 6.07) is 0. The van der Waals surface area contributed by atoms with Crippen molar-refractivity contribution in [2.45, 2.75) is 5.67 Å². The van der Waals surface area contributed by atoms with Gasteiger partial charge < -0.3 is 5.73 Å². The minimum atomic E-state index is 0.222. The third kappa shape index (κ3) is 96.4. The monoisotopic (exact) mass is 74.0 g/mol. The summed E-state index contributed by atoms with van der Waals surface area (Å²) in [6.07, 6.45) is 0. The van der Waals surface area contributed by atoms with Gasteiger partial charge in [0.1, 0.15) is 0 Å². The molecule has 0 rings (SSSR count). The highest BCUT2D eigenvalue weighted by Gasteiger charge is 1.68. The van der Waals surface area contributed by atoms with Gasteiger partial charge >= 0.3 is 0 Å². The van der Waals surface area contributed by atoms with Crippen LogP contribution in [-0.2, 0) is 0 Å². The van der Waals surface area contributed by atoms with Crippen molar-refractivity contribution in [3.63, 3.8) is 0 Å². The van der Waals surface area contributed by atoms with Crippen LogP contribution in [0.4, 0.5) is 0 Å². The molecule has 0 aromatic rings. The van der Waals surface area contributed by atoms with Crippen LogP contribution in [0.3, 0.4) is 0 Å². The molecule has 0 aliphatic rings. The number of hydrogen-bond donors (Lipinski definition) is 1. The van der Waals surface area contributed by atoms with Gasteiger partial charge in [-0.3, -0.25) is 0 Å². The summed E-state index contributed by atoms with van der Waals surface area (Å²) in [6.45, 7) is 3.48. The molecule has 0 fully saturated rings. The average Bonchev–Trinajstić information content (AvgIpc) is 0.811. The molecule has 0 bridgehead atoms. The van der Waals surface area contributed by atoms with E-state index < -0.39 is 0 Å². The molecule has 0 aliphatic carbocycles. The fraction of sp³-hybridized carbons (Fsp3) is 0.500. The molecular weight excluding hydrogens is 66.1 g/mol. The van der Waals surface area contributed by atoms with Gasteiger partial charge in [0.05, 0.1) is 0 Å². The van der Waals surface area contributed by atoms with E-state index in [1.54, 1.807) is 0 Å². The zero-order valence-corrected chi connectivity index (χ0v) is 4.86. The third-order valence-corrected chi connectivity index (χ3v) is 0. The van der Waals surface area contributed by atoms with Gasteiger partial charge in [-0.2, -0.15) is 0 Å². The molecule has 0 amide bonds. The normalized spacial score (nSPS) is 16.5. The van der Waals surface area contributed by atoms with Gasteiger partial charge in [0.25, 0.3) is 0 Å². The summed E-state index contributed by atoms with van der Waals surface area (Å²) in [5.41, 5.74) is 5.28. The molecule has 1 unspecified atom stereocenters. The highest BCUT2D eigenvalue weighted by Crippen LogP contribution is 1.46. The largest absolute Gasteiger partial charge is 0.331 e. The second-order valence-electron chi connectivity index (χ2n) is 0.977. The quantitative estimate of drug-likeness (QED) is 0.347. The molecule has 0 spiro atoms. The van der Waals surface area contributed by atoms with Crippen LogP contribution in [0.5, 0.6) is 0 Å². The van der Waals surface area contributed by atoms with Crippen molar-refractivity contribution in [1.29, 1.82) is 0 Å². The lowest BCUT2D eigenvalue weighted by Gasteiger charge is -1.80. The highest BCUT2D eigenvalue weighted by atomic mass is 28.1. The lowest BCUT2D eigenvalue weighted by Crippen LogP contribution is -2.13. The van der Waals surface area contributed by atoms with Crippen molar-refractivity contribution in [3.05, 3.63) is 6.92 Å². The fourth-order valence-electron chi connectivity index (χ4n) is 0. The zero-order chi connectivity index (χ0) is 3.58. The van der Waals surface area contributed by atoms with E-state index in [-0.39, 0.29) is 5.67 Å². The van der Waals surface area contributed by atoms with E-state index in [2.05, 4.69) is 6.92 Å². The Hall–Kier alpha value is 0.177. The van der Waals surface area contributed by atoms with Crippen LogP contribution in [-0.4, -0.2) is 15.9 Å². The molecule has 0 saturated carbocycles.